The summed E-state index contributed by atoms with van der Waals surface area (Å²) in [5.41, 5.74) is -2.59. The van der Waals surface area contributed by atoms with E-state index in [1.54, 1.807) is 6.08 Å². The normalized spacial score (nSPS) is 13.5. The smallest absolute Gasteiger partial charge is 0.460 e. The lowest BCUT2D eigenvalue weighted by atomic mass is 9.76. The van der Waals surface area contributed by atoms with E-state index in [1.807, 2.05) is 0 Å². The Kier molecular flexibility index (Phi) is 11.9. The monoisotopic (exact) mass is 516 g/mol. The maximum atomic E-state index is 14.1. The van der Waals surface area contributed by atoms with Gasteiger partial charge in [0, 0.05) is 6.42 Å². The van der Waals surface area contributed by atoms with Gasteiger partial charge in [-0.15, -0.1) is 6.58 Å². The molecule has 0 N–H and O–H groups in total. The highest BCUT2D eigenvalue weighted by Crippen LogP contribution is 2.55. The van der Waals surface area contributed by atoms with E-state index in [9.17, 15) is 49.1 Å². The van der Waals surface area contributed by atoms with Crippen molar-refractivity contribution in [3.05, 3.63) is 12.7 Å². The summed E-state index contributed by atoms with van der Waals surface area (Å²) in [5, 5.41) is 0. The van der Waals surface area contributed by atoms with Crippen molar-refractivity contribution < 1.29 is 58.6 Å². The molecule has 13 heteroatoms. The third kappa shape index (κ3) is 7.27. The van der Waals surface area contributed by atoms with Gasteiger partial charge in [0.15, 0.2) is 5.41 Å². The van der Waals surface area contributed by atoms with E-state index in [0.717, 1.165) is 0 Å². The third-order valence-corrected chi connectivity index (χ3v) is 5.17. The summed E-state index contributed by atoms with van der Waals surface area (Å²) >= 11 is 0. The van der Waals surface area contributed by atoms with E-state index in [2.05, 4.69) is 6.58 Å². The number of alkyl halides is 9. The minimum Gasteiger partial charge on any atom is -0.465 e. The van der Waals surface area contributed by atoms with Gasteiger partial charge in [-0.25, -0.2) is 0 Å². The fourth-order valence-corrected chi connectivity index (χ4v) is 3.16. The molecule has 0 aromatic heterocycles. The highest BCUT2D eigenvalue weighted by molar-refractivity contribution is 6.00. The van der Waals surface area contributed by atoms with Gasteiger partial charge in [0.1, 0.15) is 0 Å². The molecule has 0 unspecified atom stereocenters. The lowest BCUT2D eigenvalue weighted by molar-refractivity contribution is -0.397. The second-order valence-electron chi connectivity index (χ2n) is 7.62. The predicted molar refractivity (Wildman–Crippen MR) is 104 cm³/mol. The van der Waals surface area contributed by atoms with E-state index in [1.165, 1.54) is 13.8 Å². The number of allylic oxidation sites excluding steroid dienone is 1. The van der Waals surface area contributed by atoms with Gasteiger partial charge >= 0.3 is 35.9 Å². The molecule has 34 heavy (non-hydrogen) atoms. The molecule has 0 heterocycles. The molecule has 0 aromatic carbocycles. The quantitative estimate of drug-likeness (QED) is 0.0739. The Labute approximate surface area is 191 Å². The first-order valence-electron chi connectivity index (χ1n) is 10.6. The summed E-state index contributed by atoms with van der Waals surface area (Å²) in [7, 11) is 0. The maximum Gasteiger partial charge on any atom is 0.460 e. The molecule has 0 atom stereocenters. The maximum absolute atomic E-state index is 14.1. The first kappa shape index (κ1) is 32.0. The molecule has 200 valence electrons. The predicted octanol–water partition coefficient (Wildman–Crippen LogP) is 6.87. The van der Waals surface area contributed by atoms with Crippen LogP contribution < -0.4 is 0 Å². The lowest BCUT2D eigenvalue weighted by Crippen LogP contribution is -2.61. The van der Waals surface area contributed by atoms with Crippen LogP contribution in [-0.2, 0) is 19.1 Å². The van der Waals surface area contributed by atoms with Crippen LogP contribution in [-0.4, -0.2) is 49.1 Å². The van der Waals surface area contributed by atoms with Gasteiger partial charge in [-0.1, -0.05) is 25.3 Å². The van der Waals surface area contributed by atoms with Crippen molar-refractivity contribution in [3.8, 4) is 0 Å². The van der Waals surface area contributed by atoms with Crippen molar-refractivity contribution in [2.75, 3.05) is 13.2 Å². The van der Waals surface area contributed by atoms with Crippen molar-refractivity contribution in [2.24, 2.45) is 5.41 Å². The Morgan fingerprint density at radius 1 is 0.706 bits per heavy atom. The van der Waals surface area contributed by atoms with Crippen molar-refractivity contribution in [1.29, 1.82) is 0 Å². The SMILES string of the molecule is C=CCCCCCCC(CCC(F)(F)C(F)(F)C(F)(F)C(F)(F)F)(C(=O)OCC)C(=O)OCC. The highest BCUT2D eigenvalue weighted by Gasteiger charge is 2.81. The Bertz CT molecular complexity index is 658. The zero-order chi connectivity index (χ0) is 26.8. The fourth-order valence-electron chi connectivity index (χ4n) is 3.16. The number of carbonyl (C=O) groups excluding carboxylic acids is 2. The molecule has 0 saturated carbocycles. The molecule has 4 nitrogen and oxygen atoms in total. The van der Waals surface area contributed by atoms with Crippen LogP contribution in [0.25, 0.3) is 0 Å². The average molecular weight is 516 g/mol. The van der Waals surface area contributed by atoms with Crippen LogP contribution in [0.15, 0.2) is 12.7 Å². The Morgan fingerprint density at radius 3 is 1.59 bits per heavy atom. The number of halogens is 9. The number of hydrogen-bond acceptors (Lipinski definition) is 4. The van der Waals surface area contributed by atoms with Crippen LogP contribution in [0.2, 0.25) is 0 Å². The van der Waals surface area contributed by atoms with Crippen LogP contribution in [0.1, 0.15) is 65.2 Å². The van der Waals surface area contributed by atoms with Gasteiger partial charge in [-0.2, -0.15) is 39.5 Å². The number of carbonyl (C=O) groups is 2. The number of unbranched alkanes of at least 4 members (excludes halogenated alkanes) is 4. The standard InChI is InChI=1S/C21H29F9O4/c1-4-7-8-9-10-11-12-17(15(31)33-5-2,16(32)34-6-3)13-14-18(22,23)19(24,25)20(26,27)21(28,29)30/h4H,1,5-14H2,2-3H3. The first-order chi connectivity index (χ1) is 15.5. The number of esters is 2. The van der Waals surface area contributed by atoms with Crippen LogP contribution in [0, 0.1) is 5.41 Å². The average Bonchev–Trinajstić information content (AvgIpc) is 2.72. The van der Waals surface area contributed by atoms with Crippen LogP contribution in [0.4, 0.5) is 39.5 Å². The van der Waals surface area contributed by atoms with Gasteiger partial charge in [0.2, 0.25) is 0 Å². The van der Waals surface area contributed by atoms with Crippen LogP contribution in [0.3, 0.4) is 0 Å². The van der Waals surface area contributed by atoms with Crippen molar-refractivity contribution in [2.45, 2.75) is 89.2 Å². The summed E-state index contributed by atoms with van der Waals surface area (Å²) < 4.78 is 129. The zero-order valence-corrected chi connectivity index (χ0v) is 18.9. The van der Waals surface area contributed by atoms with Crippen molar-refractivity contribution in [1.82, 2.24) is 0 Å². The molecule has 0 saturated heterocycles. The summed E-state index contributed by atoms with van der Waals surface area (Å²) in [5.74, 6) is -22.7. The van der Waals surface area contributed by atoms with Gasteiger partial charge in [0.25, 0.3) is 0 Å². The van der Waals surface area contributed by atoms with Crippen molar-refractivity contribution in [3.63, 3.8) is 0 Å². The van der Waals surface area contributed by atoms with E-state index >= 15 is 0 Å². The molecule has 0 radical (unpaired) electrons. The van der Waals surface area contributed by atoms with Gasteiger partial charge in [-0.3, -0.25) is 9.59 Å². The van der Waals surface area contributed by atoms with Gasteiger partial charge < -0.3 is 9.47 Å². The summed E-state index contributed by atoms with van der Waals surface area (Å²) in [4.78, 5) is 25.1. The molecular formula is C21H29F9O4. The van der Waals surface area contributed by atoms with Crippen LogP contribution in [0.5, 0.6) is 0 Å². The third-order valence-electron chi connectivity index (χ3n) is 5.17. The Balaban J connectivity index is 6.02. The topological polar surface area (TPSA) is 52.6 Å². The number of rotatable bonds is 16. The van der Waals surface area contributed by atoms with E-state index in [4.69, 9.17) is 9.47 Å². The molecule has 0 aliphatic rings. The fraction of sp³-hybridized carbons (Fsp3) is 0.810. The Morgan fingerprint density at radius 2 is 1.18 bits per heavy atom. The second kappa shape index (κ2) is 12.7. The molecular weight excluding hydrogens is 487 g/mol. The number of hydrogen-bond donors (Lipinski definition) is 0. The Hall–Kier alpha value is -1.95. The number of ether oxygens (including phenoxy) is 2. The van der Waals surface area contributed by atoms with Gasteiger partial charge in [-0.05, 0) is 39.5 Å². The molecule has 0 bridgehead atoms. The van der Waals surface area contributed by atoms with Gasteiger partial charge in [0.05, 0.1) is 13.2 Å². The molecule has 0 aliphatic heterocycles. The highest BCUT2D eigenvalue weighted by atomic mass is 19.4. The summed E-state index contributed by atoms with van der Waals surface area (Å²) in [6.45, 7) is 5.43. The van der Waals surface area contributed by atoms with Crippen molar-refractivity contribution >= 4 is 11.9 Å². The van der Waals surface area contributed by atoms with E-state index < -0.39 is 60.6 Å². The lowest BCUT2D eigenvalue weighted by Gasteiger charge is -2.36. The second-order valence-corrected chi connectivity index (χ2v) is 7.62. The first-order valence-corrected chi connectivity index (χ1v) is 10.6. The minimum atomic E-state index is -7.06. The molecule has 0 aromatic rings. The molecule has 0 fully saturated rings. The molecule has 0 amide bonds. The molecule has 0 spiro atoms. The largest absolute Gasteiger partial charge is 0.465 e. The minimum absolute atomic E-state index is 0.0371. The zero-order valence-electron chi connectivity index (χ0n) is 18.9. The van der Waals surface area contributed by atoms with E-state index in [0.29, 0.717) is 25.7 Å². The summed E-state index contributed by atoms with van der Waals surface area (Å²) in [6, 6.07) is 0. The van der Waals surface area contributed by atoms with Crippen LogP contribution >= 0.6 is 0 Å². The van der Waals surface area contributed by atoms with E-state index in [-0.39, 0.29) is 19.6 Å². The summed E-state index contributed by atoms with van der Waals surface area (Å²) in [6.07, 6.45) is -7.38. The molecule has 0 rings (SSSR count). The molecule has 0 aliphatic carbocycles.